The summed E-state index contributed by atoms with van der Waals surface area (Å²) in [5, 5.41) is 4.26. The molecule has 0 N–H and O–H groups in total. The summed E-state index contributed by atoms with van der Waals surface area (Å²) < 4.78 is 13.5. The standard InChI is InChI=1S/C82H68N6O2/c1-79(2)41-42-81(5,6)67-45-56(35-39-65(67)79)75-86-77(58-33-37-62-61-22-14-15-24-69(61)89-70(62)47-58)88-78(87-75)59-34-38-63-64-23-16-21-60(72(64)90-71(63)48-59)49-82(7)44-43-80(3,4)66-40-36-57(46-68(66)82)76-84-73(54-19-12-9-13-20-54)83-74(85-76)55-31-29-53(30-32-55)52-27-25-51(26-28-52)50-17-10-8-11-18-50/h8-40,45-48H,41-44,49H2,1-7H3. The van der Waals surface area contributed by atoms with Gasteiger partial charge in [-0.1, -0.05) is 230 Å². The quantitative estimate of drug-likeness (QED) is 0.133. The van der Waals surface area contributed by atoms with Crippen molar-refractivity contribution in [2.75, 3.05) is 0 Å². The van der Waals surface area contributed by atoms with Gasteiger partial charge in [0.25, 0.3) is 0 Å². The summed E-state index contributed by atoms with van der Waals surface area (Å²) in [5.74, 6) is 3.68. The molecule has 0 spiro atoms. The Balaban J connectivity index is 0.756. The molecule has 14 aromatic rings. The van der Waals surface area contributed by atoms with E-state index in [0.29, 0.717) is 34.9 Å². The topological polar surface area (TPSA) is 104 Å². The smallest absolute Gasteiger partial charge is 0.164 e. The molecule has 0 aliphatic heterocycles. The lowest BCUT2D eigenvalue weighted by molar-refractivity contribution is 0.310. The van der Waals surface area contributed by atoms with E-state index in [9.17, 15) is 0 Å². The molecule has 1 unspecified atom stereocenters. The lowest BCUT2D eigenvalue weighted by Gasteiger charge is -2.44. The van der Waals surface area contributed by atoms with Crippen LogP contribution in [0.1, 0.15) is 102 Å². The Kier molecular flexibility index (Phi) is 12.9. The van der Waals surface area contributed by atoms with Crippen molar-refractivity contribution in [2.24, 2.45) is 0 Å². The van der Waals surface area contributed by atoms with Crippen LogP contribution in [0.25, 0.3) is 134 Å². The van der Waals surface area contributed by atoms with Crippen molar-refractivity contribution < 1.29 is 8.83 Å². The summed E-state index contributed by atoms with van der Waals surface area (Å²) >= 11 is 0. The fourth-order valence-corrected chi connectivity index (χ4v) is 14.4. The molecule has 16 rings (SSSR count). The van der Waals surface area contributed by atoms with Crippen molar-refractivity contribution in [3.05, 3.63) is 252 Å². The molecule has 8 heteroatoms. The maximum Gasteiger partial charge on any atom is 0.164 e. The summed E-state index contributed by atoms with van der Waals surface area (Å²) in [7, 11) is 0. The Labute approximate surface area is 524 Å². The van der Waals surface area contributed by atoms with E-state index in [0.717, 1.165) is 126 Å². The van der Waals surface area contributed by atoms with E-state index in [1.54, 1.807) is 0 Å². The molecule has 4 aromatic heterocycles. The van der Waals surface area contributed by atoms with Crippen LogP contribution in [0.2, 0.25) is 0 Å². The minimum atomic E-state index is -0.253. The Hall–Kier alpha value is -10.2. The molecule has 8 nitrogen and oxygen atoms in total. The lowest BCUT2D eigenvalue weighted by atomic mass is 9.60. The van der Waals surface area contributed by atoms with Gasteiger partial charge in [0.05, 0.1) is 0 Å². The molecule has 1 atom stereocenters. The van der Waals surface area contributed by atoms with Crippen LogP contribution in [0.3, 0.4) is 0 Å². The number of aromatic nitrogens is 6. The molecule has 0 radical (unpaired) electrons. The molecule has 90 heavy (non-hydrogen) atoms. The molecular formula is C82H68N6O2. The monoisotopic (exact) mass is 1170 g/mol. The van der Waals surface area contributed by atoms with Gasteiger partial charge in [0.1, 0.15) is 22.3 Å². The fourth-order valence-electron chi connectivity index (χ4n) is 14.4. The molecule has 438 valence electrons. The van der Waals surface area contributed by atoms with Crippen molar-refractivity contribution in [3.63, 3.8) is 0 Å². The van der Waals surface area contributed by atoms with E-state index in [-0.39, 0.29) is 21.7 Å². The average Bonchev–Trinajstić information content (AvgIpc) is 1.33. The van der Waals surface area contributed by atoms with Gasteiger partial charge in [0, 0.05) is 54.9 Å². The van der Waals surface area contributed by atoms with Gasteiger partial charge in [-0.2, -0.15) is 0 Å². The second-order valence-corrected chi connectivity index (χ2v) is 27.3. The van der Waals surface area contributed by atoms with Crippen molar-refractivity contribution in [3.8, 4) is 90.6 Å². The molecule has 0 saturated carbocycles. The minimum absolute atomic E-state index is 0.00896. The van der Waals surface area contributed by atoms with Gasteiger partial charge < -0.3 is 8.83 Å². The van der Waals surface area contributed by atoms with Gasteiger partial charge in [0.2, 0.25) is 0 Å². The second-order valence-electron chi connectivity index (χ2n) is 27.3. The maximum absolute atomic E-state index is 7.12. The zero-order valence-corrected chi connectivity index (χ0v) is 51.9. The first kappa shape index (κ1) is 55.2. The van der Waals surface area contributed by atoms with Crippen LogP contribution in [-0.2, 0) is 28.1 Å². The van der Waals surface area contributed by atoms with Gasteiger partial charge >= 0.3 is 0 Å². The average molecular weight is 1170 g/mol. The normalized spacial score (nSPS) is 16.6. The van der Waals surface area contributed by atoms with E-state index >= 15 is 0 Å². The summed E-state index contributed by atoms with van der Waals surface area (Å²) in [5.41, 5.74) is 19.8. The number of nitrogens with zero attached hydrogens (tertiary/aromatic N) is 6. The van der Waals surface area contributed by atoms with Crippen molar-refractivity contribution >= 4 is 43.9 Å². The maximum atomic E-state index is 7.12. The number of rotatable bonds is 10. The highest BCUT2D eigenvalue weighted by Gasteiger charge is 2.41. The van der Waals surface area contributed by atoms with Gasteiger partial charge in [0.15, 0.2) is 34.9 Å². The predicted molar refractivity (Wildman–Crippen MR) is 366 cm³/mol. The van der Waals surface area contributed by atoms with Crippen LogP contribution in [0.4, 0.5) is 0 Å². The number of fused-ring (bicyclic) bond motifs is 8. The molecule has 0 amide bonds. The van der Waals surface area contributed by atoms with Crippen molar-refractivity contribution in [1.82, 2.24) is 29.9 Å². The third kappa shape index (κ3) is 9.68. The highest BCUT2D eigenvalue weighted by molar-refractivity contribution is 6.07. The molecule has 0 fully saturated rings. The zero-order valence-electron chi connectivity index (χ0n) is 51.9. The van der Waals surface area contributed by atoms with E-state index in [4.69, 9.17) is 38.7 Å². The lowest BCUT2D eigenvalue weighted by Crippen LogP contribution is -2.37. The molecule has 0 bridgehead atoms. The molecular weight excluding hydrogens is 1100 g/mol. The molecule has 0 saturated heterocycles. The summed E-state index contributed by atoms with van der Waals surface area (Å²) in [4.78, 5) is 31.5. The molecule has 2 aliphatic rings. The number of furan rings is 2. The summed E-state index contributed by atoms with van der Waals surface area (Å²) in [6.07, 6.45) is 5.05. The van der Waals surface area contributed by atoms with Gasteiger partial charge in [-0.05, 0) is 146 Å². The number of hydrogen-bond donors (Lipinski definition) is 0. The highest BCUT2D eigenvalue weighted by atomic mass is 16.3. The summed E-state index contributed by atoms with van der Waals surface area (Å²) in [6, 6.07) is 79.3. The van der Waals surface area contributed by atoms with Crippen molar-refractivity contribution in [1.29, 1.82) is 0 Å². The minimum Gasteiger partial charge on any atom is -0.456 e. The van der Waals surface area contributed by atoms with Gasteiger partial charge in [-0.3, -0.25) is 0 Å². The molecule has 10 aromatic carbocycles. The van der Waals surface area contributed by atoms with E-state index in [1.165, 1.54) is 33.4 Å². The summed E-state index contributed by atoms with van der Waals surface area (Å²) in [6.45, 7) is 16.6. The zero-order chi connectivity index (χ0) is 61.1. The number of hydrogen-bond acceptors (Lipinski definition) is 8. The SMILES string of the molecule is CC1(C)CCC(C)(C)c2cc(-c3nc(-c4ccc5c(c4)oc4ccccc45)nc(-c4ccc5c(c4)oc4c(CC6(C)CCC(C)(C)c7ccc(-c8nc(-c9ccccc9)nc(-c9ccc(-c%10ccc(-c%11ccccc%11)cc%10)cc9)n8)cc76)cccc45)n3)ccc21. The second kappa shape index (κ2) is 21.0. The Morgan fingerprint density at radius 1 is 0.278 bits per heavy atom. The number of benzene rings is 10. The van der Waals surface area contributed by atoms with Crippen LogP contribution in [0, 0.1) is 0 Å². The van der Waals surface area contributed by atoms with Crippen LogP contribution in [-0.4, -0.2) is 29.9 Å². The fraction of sp³-hybridized carbons (Fsp3) is 0.195. The highest BCUT2D eigenvalue weighted by Crippen LogP contribution is 2.51. The van der Waals surface area contributed by atoms with Gasteiger partial charge in [-0.15, -0.1) is 0 Å². The molecule has 4 heterocycles. The first-order chi connectivity index (χ1) is 43.6. The van der Waals surface area contributed by atoms with E-state index in [1.807, 2.05) is 36.4 Å². The third-order valence-electron chi connectivity index (χ3n) is 19.9. The largest absolute Gasteiger partial charge is 0.456 e. The van der Waals surface area contributed by atoms with Crippen LogP contribution in [0.5, 0.6) is 0 Å². The van der Waals surface area contributed by atoms with E-state index in [2.05, 4.69) is 237 Å². The number of para-hydroxylation sites is 2. The van der Waals surface area contributed by atoms with Crippen LogP contribution >= 0.6 is 0 Å². The molecule has 2 aliphatic carbocycles. The van der Waals surface area contributed by atoms with Crippen molar-refractivity contribution in [2.45, 2.75) is 102 Å². The first-order valence-electron chi connectivity index (χ1n) is 31.6. The van der Waals surface area contributed by atoms with Crippen LogP contribution < -0.4 is 0 Å². The van der Waals surface area contributed by atoms with Crippen LogP contribution in [0.15, 0.2) is 233 Å². The third-order valence-corrected chi connectivity index (χ3v) is 19.9. The first-order valence-corrected chi connectivity index (χ1v) is 31.6. The van der Waals surface area contributed by atoms with E-state index < -0.39 is 0 Å². The predicted octanol–water partition coefficient (Wildman–Crippen LogP) is 21.1. The Bertz CT molecular complexity index is 5140. The Morgan fingerprint density at radius 2 is 0.644 bits per heavy atom. The van der Waals surface area contributed by atoms with Gasteiger partial charge in [-0.25, -0.2) is 29.9 Å². The Morgan fingerprint density at radius 3 is 1.21 bits per heavy atom.